The Labute approximate surface area is 191 Å². The van der Waals surface area contributed by atoms with Crippen LogP contribution in [0.5, 0.6) is 5.75 Å². The first-order valence-corrected chi connectivity index (χ1v) is 10.7. The van der Waals surface area contributed by atoms with E-state index in [1.807, 2.05) is 0 Å². The molecule has 5 aromatic heterocycles. The topological polar surface area (TPSA) is 92.8 Å². The summed E-state index contributed by atoms with van der Waals surface area (Å²) in [5.74, 6) is 0.371. The lowest BCUT2D eigenvalue weighted by molar-refractivity contribution is 0.0689. The van der Waals surface area contributed by atoms with Crippen molar-refractivity contribution in [3.8, 4) is 5.75 Å². The standard InChI is InChI=1S/C23H19F2N7O2/c1-34-13-4-5-18-15(10-28-32(18)11-13)23(33)30-8-6-16-20(27-12-26-16)21(30)17-9-19-14(22(24)25)3-2-7-31(19)29-17/h2-5,7,9-12,21-22H,6,8H2,1H3,(H,26,27)/t21-/m1/s1. The van der Waals surface area contributed by atoms with Crippen LogP contribution in [0.3, 0.4) is 0 Å². The van der Waals surface area contributed by atoms with Gasteiger partial charge in [0.2, 0.25) is 0 Å². The van der Waals surface area contributed by atoms with E-state index in [2.05, 4.69) is 20.2 Å². The molecule has 0 radical (unpaired) electrons. The molecular formula is C23H19F2N7O2. The first-order chi connectivity index (χ1) is 16.5. The fourth-order valence-electron chi connectivity index (χ4n) is 4.57. The number of pyridine rings is 2. The SMILES string of the molecule is COc1ccc2c(C(=O)N3CCc4[nH]cnc4[C@H]3c3cc4c(C(F)F)cccn4n3)cnn2c1. The van der Waals surface area contributed by atoms with E-state index >= 15 is 0 Å². The molecule has 0 fully saturated rings. The second-order valence-electron chi connectivity index (χ2n) is 8.04. The number of nitrogens with one attached hydrogen (secondary N) is 1. The summed E-state index contributed by atoms with van der Waals surface area (Å²) in [6, 6.07) is 7.42. The number of alkyl halides is 2. The van der Waals surface area contributed by atoms with Gasteiger partial charge in [-0.05, 0) is 30.3 Å². The van der Waals surface area contributed by atoms with Gasteiger partial charge in [-0.2, -0.15) is 10.2 Å². The highest BCUT2D eigenvalue weighted by molar-refractivity contribution is 6.01. The number of nitrogens with zero attached hydrogens (tertiary/aromatic N) is 6. The van der Waals surface area contributed by atoms with E-state index in [0.29, 0.717) is 46.7 Å². The number of methoxy groups -OCH3 is 1. The van der Waals surface area contributed by atoms with Crippen molar-refractivity contribution in [2.24, 2.45) is 0 Å². The van der Waals surface area contributed by atoms with Crippen molar-refractivity contribution in [1.82, 2.24) is 34.1 Å². The summed E-state index contributed by atoms with van der Waals surface area (Å²) in [5, 5.41) is 8.86. The van der Waals surface area contributed by atoms with Gasteiger partial charge in [0.15, 0.2) is 0 Å². The van der Waals surface area contributed by atoms with Gasteiger partial charge in [-0.3, -0.25) is 4.79 Å². The van der Waals surface area contributed by atoms with Crippen LogP contribution in [0.2, 0.25) is 0 Å². The van der Waals surface area contributed by atoms with Crippen LogP contribution in [0.15, 0.2) is 55.2 Å². The van der Waals surface area contributed by atoms with E-state index in [0.717, 1.165) is 5.69 Å². The lowest BCUT2D eigenvalue weighted by atomic mass is 9.98. The Morgan fingerprint density at radius 3 is 2.94 bits per heavy atom. The van der Waals surface area contributed by atoms with Crippen LogP contribution in [0.25, 0.3) is 11.0 Å². The predicted molar refractivity (Wildman–Crippen MR) is 117 cm³/mol. The molecule has 0 aromatic carbocycles. The zero-order chi connectivity index (χ0) is 23.4. The smallest absolute Gasteiger partial charge is 0.265 e. The van der Waals surface area contributed by atoms with Crippen molar-refractivity contribution in [3.63, 3.8) is 0 Å². The van der Waals surface area contributed by atoms with Crippen LogP contribution >= 0.6 is 0 Å². The summed E-state index contributed by atoms with van der Waals surface area (Å²) in [5.41, 5.74) is 3.24. The number of hydrogen-bond acceptors (Lipinski definition) is 5. The van der Waals surface area contributed by atoms with E-state index in [-0.39, 0.29) is 11.5 Å². The minimum absolute atomic E-state index is 0.117. The highest BCUT2D eigenvalue weighted by Crippen LogP contribution is 2.36. The Morgan fingerprint density at radius 1 is 1.24 bits per heavy atom. The summed E-state index contributed by atoms with van der Waals surface area (Å²) < 4.78 is 35.4. The minimum atomic E-state index is -2.64. The molecular weight excluding hydrogens is 444 g/mol. The summed E-state index contributed by atoms with van der Waals surface area (Å²) >= 11 is 0. The molecule has 0 unspecified atom stereocenters. The van der Waals surface area contributed by atoms with Crippen molar-refractivity contribution >= 4 is 16.9 Å². The number of imidazole rings is 1. The maximum absolute atomic E-state index is 13.8. The fraction of sp³-hybridized carbons (Fsp3) is 0.217. The van der Waals surface area contributed by atoms with Gasteiger partial charge in [-0.1, -0.05) is 0 Å². The zero-order valence-corrected chi connectivity index (χ0v) is 18.0. The number of H-pyrrole nitrogens is 1. The summed E-state index contributed by atoms with van der Waals surface area (Å²) in [6.07, 6.45) is 4.35. The largest absolute Gasteiger partial charge is 0.495 e. The number of fused-ring (bicyclic) bond motifs is 3. The van der Waals surface area contributed by atoms with Crippen molar-refractivity contribution in [2.75, 3.05) is 13.7 Å². The van der Waals surface area contributed by atoms with Gasteiger partial charge in [0.25, 0.3) is 12.3 Å². The maximum atomic E-state index is 13.8. The third kappa shape index (κ3) is 3.04. The summed E-state index contributed by atoms with van der Waals surface area (Å²) in [7, 11) is 1.56. The molecule has 1 aliphatic heterocycles. The number of carbonyl (C=O) groups is 1. The molecule has 6 rings (SSSR count). The maximum Gasteiger partial charge on any atom is 0.265 e. The summed E-state index contributed by atoms with van der Waals surface area (Å²) in [4.78, 5) is 23.0. The minimum Gasteiger partial charge on any atom is -0.495 e. The Bertz CT molecular complexity index is 1540. The van der Waals surface area contributed by atoms with Crippen molar-refractivity contribution in [2.45, 2.75) is 18.9 Å². The molecule has 0 bridgehead atoms. The van der Waals surface area contributed by atoms with Crippen LogP contribution in [-0.4, -0.2) is 53.7 Å². The Kier molecular flexibility index (Phi) is 4.57. The lowest BCUT2D eigenvalue weighted by Crippen LogP contribution is -2.41. The number of aromatic nitrogens is 6. The third-order valence-electron chi connectivity index (χ3n) is 6.21. The van der Waals surface area contributed by atoms with Crippen LogP contribution in [0.4, 0.5) is 8.78 Å². The molecule has 5 aromatic rings. The second-order valence-corrected chi connectivity index (χ2v) is 8.04. The van der Waals surface area contributed by atoms with Gasteiger partial charge in [0, 0.05) is 30.4 Å². The molecule has 0 spiro atoms. The Hall–Kier alpha value is -4.28. The number of halogens is 2. The average molecular weight is 463 g/mol. The predicted octanol–water partition coefficient (Wildman–Crippen LogP) is 3.44. The normalized spacial score (nSPS) is 15.9. The molecule has 6 heterocycles. The quantitative estimate of drug-likeness (QED) is 0.441. The van der Waals surface area contributed by atoms with E-state index in [1.165, 1.54) is 22.8 Å². The lowest BCUT2D eigenvalue weighted by Gasteiger charge is -2.33. The molecule has 1 amide bonds. The molecule has 0 aliphatic carbocycles. The number of carbonyl (C=O) groups excluding carboxylic acids is 1. The number of hydrogen-bond donors (Lipinski definition) is 1. The van der Waals surface area contributed by atoms with Gasteiger partial charge in [0.1, 0.15) is 11.8 Å². The Morgan fingerprint density at radius 2 is 2.12 bits per heavy atom. The highest BCUT2D eigenvalue weighted by Gasteiger charge is 2.37. The number of ether oxygens (including phenoxy) is 1. The highest BCUT2D eigenvalue weighted by atomic mass is 19.3. The molecule has 9 nitrogen and oxygen atoms in total. The molecule has 0 saturated heterocycles. The van der Waals surface area contributed by atoms with Crippen LogP contribution in [0, 0.1) is 0 Å². The van der Waals surface area contributed by atoms with Crippen LogP contribution in [0.1, 0.15) is 45.5 Å². The van der Waals surface area contributed by atoms with E-state index in [1.54, 1.807) is 53.4 Å². The van der Waals surface area contributed by atoms with Crippen molar-refractivity contribution in [1.29, 1.82) is 0 Å². The zero-order valence-electron chi connectivity index (χ0n) is 18.0. The van der Waals surface area contributed by atoms with Crippen molar-refractivity contribution < 1.29 is 18.3 Å². The number of rotatable bonds is 4. The van der Waals surface area contributed by atoms with Crippen molar-refractivity contribution in [3.05, 3.63) is 83.5 Å². The first kappa shape index (κ1) is 20.3. The van der Waals surface area contributed by atoms with E-state index in [9.17, 15) is 13.6 Å². The molecule has 1 N–H and O–H groups in total. The third-order valence-corrected chi connectivity index (χ3v) is 6.21. The summed E-state index contributed by atoms with van der Waals surface area (Å²) in [6.45, 7) is 0.405. The van der Waals surface area contributed by atoms with Gasteiger partial charge >= 0.3 is 0 Å². The van der Waals surface area contributed by atoms with E-state index < -0.39 is 12.5 Å². The molecule has 1 atom stereocenters. The molecule has 11 heteroatoms. The van der Waals surface area contributed by atoms with E-state index in [4.69, 9.17) is 4.74 Å². The fourth-order valence-corrected chi connectivity index (χ4v) is 4.57. The second kappa shape index (κ2) is 7.65. The first-order valence-electron chi connectivity index (χ1n) is 10.7. The monoisotopic (exact) mass is 463 g/mol. The van der Waals surface area contributed by atoms with Gasteiger partial charge in [-0.15, -0.1) is 0 Å². The molecule has 0 saturated carbocycles. The molecule has 1 aliphatic rings. The van der Waals surface area contributed by atoms with Gasteiger partial charge in [-0.25, -0.2) is 22.8 Å². The van der Waals surface area contributed by atoms with Crippen LogP contribution in [-0.2, 0) is 6.42 Å². The van der Waals surface area contributed by atoms with Gasteiger partial charge in [0.05, 0.1) is 53.8 Å². The molecule has 34 heavy (non-hydrogen) atoms. The van der Waals surface area contributed by atoms with Crippen LogP contribution < -0.4 is 4.74 Å². The number of amides is 1. The number of aromatic amines is 1. The van der Waals surface area contributed by atoms with Gasteiger partial charge < -0.3 is 14.6 Å². The Balaban J connectivity index is 1.47. The average Bonchev–Trinajstić information content (AvgIpc) is 3.59. The molecule has 172 valence electrons.